The summed E-state index contributed by atoms with van der Waals surface area (Å²) in [6.45, 7) is 4.24. The number of nitrogens with one attached hydrogen (secondary N) is 1. The van der Waals surface area contributed by atoms with Gasteiger partial charge in [-0.1, -0.05) is 19.1 Å². The molecule has 0 aliphatic carbocycles. The van der Waals surface area contributed by atoms with Gasteiger partial charge >= 0.3 is 0 Å². The van der Waals surface area contributed by atoms with E-state index in [4.69, 9.17) is 4.74 Å². The van der Waals surface area contributed by atoms with E-state index in [1.54, 1.807) is 0 Å². The van der Waals surface area contributed by atoms with Gasteiger partial charge in [0.25, 0.3) is 0 Å². The number of halogens is 1. The molecule has 1 fully saturated rings. The zero-order valence-electron chi connectivity index (χ0n) is 14.4. The van der Waals surface area contributed by atoms with Crippen LogP contribution in [0.4, 0.5) is 4.39 Å². The van der Waals surface area contributed by atoms with E-state index in [0.29, 0.717) is 6.54 Å². The summed E-state index contributed by atoms with van der Waals surface area (Å²) in [5, 5.41) is 12.2. The summed E-state index contributed by atoms with van der Waals surface area (Å²) in [5.74, 6) is 1.74. The van der Waals surface area contributed by atoms with Crippen molar-refractivity contribution in [1.29, 1.82) is 0 Å². The van der Waals surface area contributed by atoms with E-state index in [9.17, 15) is 4.39 Å². The molecule has 1 aromatic heterocycles. The van der Waals surface area contributed by atoms with Crippen LogP contribution in [0.15, 0.2) is 24.3 Å². The standard InChI is InChI=1S/C18H25FN4O/c1-3-16-21-22-17(23(16)2)13-20-18(8-10-24-11-9-18)12-14-4-6-15(19)7-5-14/h4-7,20H,3,8-13H2,1-2H3. The first-order chi connectivity index (χ1) is 11.6. The molecule has 1 saturated heterocycles. The molecule has 1 N–H and O–H groups in total. The minimum atomic E-state index is -0.195. The molecule has 0 spiro atoms. The zero-order chi connectivity index (χ0) is 17.0. The highest BCUT2D eigenvalue weighted by molar-refractivity contribution is 5.19. The molecule has 1 aliphatic heterocycles. The van der Waals surface area contributed by atoms with Gasteiger partial charge in [-0.2, -0.15) is 0 Å². The van der Waals surface area contributed by atoms with Crippen LogP contribution in [0.5, 0.6) is 0 Å². The van der Waals surface area contributed by atoms with E-state index in [1.807, 2.05) is 19.2 Å². The lowest BCUT2D eigenvalue weighted by atomic mass is 9.83. The summed E-state index contributed by atoms with van der Waals surface area (Å²) >= 11 is 0. The van der Waals surface area contributed by atoms with Gasteiger partial charge in [-0.15, -0.1) is 10.2 Å². The van der Waals surface area contributed by atoms with Gasteiger partial charge in [0.15, 0.2) is 0 Å². The van der Waals surface area contributed by atoms with Gasteiger partial charge in [0.2, 0.25) is 0 Å². The van der Waals surface area contributed by atoms with E-state index in [1.165, 1.54) is 12.1 Å². The van der Waals surface area contributed by atoms with Crippen molar-refractivity contribution >= 4 is 0 Å². The number of ether oxygens (including phenoxy) is 1. The highest BCUT2D eigenvalue weighted by atomic mass is 19.1. The van der Waals surface area contributed by atoms with Crippen molar-refractivity contribution in [3.05, 3.63) is 47.3 Å². The molecule has 5 nitrogen and oxygen atoms in total. The molecule has 130 valence electrons. The number of nitrogens with zero attached hydrogens (tertiary/aromatic N) is 3. The molecule has 0 unspecified atom stereocenters. The maximum absolute atomic E-state index is 13.2. The molecular weight excluding hydrogens is 307 g/mol. The Hall–Kier alpha value is -1.79. The van der Waals surface area contributed by atoms with Crippen LogP contribution in [0.2, 0.25) is 0 Å². The molecule has 0 saturated carbocycles. The minimum absolute atomic E-state index is 0.0472. The Morgan fingerprint density at radius 2 is 1.83 bits per heavy atom. The molecule has 0 radical (unpaired) electrons. The fourth-order valence-electron chi connectivity index (χ4n) is 3.30. The number of benzene rings is 1. The van der Waals surface area contributed by atoms with E-state index in [-0.39, 0.29) is 11.4 Å². The van der Waals surface area contributed by atoms with Crippen LogP contribution in [0.3, 0.4) is 0 Å². The van der Waals surface area contributed by atoms with Gasteiger partial charge < -0.3 is 14.6 Å². The molecule has 2 aromatic rings. The van der Waals surface area contributed by atoms with Crippen molar-refractivity contribution in [1.82, 2.24) is 20.1 Å². The smallest absolute Gasteiger partial charge is 0.146 e. The average molecular weight is 332 g/mol. The second-order valence-corrected chi connectivity index (χ2v) is 6.49. The maximum Gasteiger partial charge on any atom is 0.146 e. The molecular formula is C18H25FN4O. The minimum Gasteiger partial charge on any atom is -0.381 e. The summed E-state index contributed by atoms with van der Waals surface area (Å²) in [6.07, 6.45) is 3.60. The van der Waals surface area contributed by atoms with Gasteiger partial charge in [0, 0.05) is 32.2 Å². The maximum atomic E-state index is 13.2. The highest BCUT2D eigenvalue weighted by Crippen LogP contribution is 2.26. The van der Waals surface area contributed by atoms with Gasteiger partial charge in [0.1, 0.15) is 17.5 Å². The average Bonchev–Trinajstić information content (AvgIpc) is 2.96. The molecule has 0 amide bonds. The second kappa shape index (κ2) is 7.40. The van der Waals surface area contributed by atoms with Crippen LogP contribution < -0.4 is 5.32 Å². The monoisotopic (exact) mass is 332 g/mol. The predicted molar refractivity (Wildman–Crippen MR) is 90.1 cm³/mol. The molecule has 0 bridgehead atoms. The Morgan fingerprint density at radius 3 is 2.46 bits per heavy atom. The normalized spacial score (nSPS) is 17.1. The Bertz CT molecular complexity index is 662. The summed E-state index contributed by atoms with van der Waals surface area (Å²) in [5.41, 5.74) is 1.09. The van der Waals surface area contributed by atoms with E-state index >= 15 is 0 Å². The predicted octanol–water partition coefficient (Wildman–Crippen LogP) is 2.40. The molecule has 1 aromatic carbocycles. The second-order valence-electron chi connectivity index (χ2n) is 6.49. The Kier molecular flexibility index (Phi) is 5.26. The Labute approximate surface area is 142 Å². The number of hydrogen-bond acceptors (Lipinski definition) is 4. The lowest BCUT2D eigenvalue weighted by Crippen LogP contribution is -2.51. The summed E-state index contributed by atoms with van der Waals surface area (Å²) in [4.78, 5) is 0. The Balaban J connectivity index is 1.73. The molecule has 0 atom stereocenters. The largest absolute Gasteiger partial charge is 0.381 e. The van der Waals surface area contributed by atoms with Crippen molar-refractivity contribution in [2.45, 2.75) is 44.7 Å². The number of hydrogen-bond donors (Lipinski definition) is 1. The van der Waals surface area contributed by atoms with Gasteiger partial charge in [-0.3, -0.25) is 0 Å². The quantitative estimate of drug-likeness (QED) is 0.882. The Morgan fingerprint density at radius 1 is 1.17 bits per heavy atom. The first kappa shape index (κ1) is 17.0. The molecule has 6 heteroatoms. The van der Waals surface area contributed by atoms with Crippen LogP contribution in [0.25, 0.3) is 0 Å². The lowest BCUT2D eigenvalue weighted by molar-refractivity contribution is 0.0369. The molecule has 3 rings (SSSR count). The van der Waals surface area contributed by atoms with Crippen LogP contribution >= 0.6 is 0 Å². The first-order valence-corrected chi connectivity index (χ1v) is 8.56. The topological polar surface area (TPSA) is 52.0 Å². The van der Waals surface area contributed by atoms with E-state index in [2.05, 4.69) is 27.0 Å². The lowest BCUT2D eigenvalue weighted by Gasteiger charge is -2.38. The van der Waals surface area contributed by atoms with Crippen LogP contribution in [0, 0.1) is 5.82 Å². The number of aryl methyl sites for hydroxylation is 1. The third kappa shape index (κ3) is 3.82. The van der Waals surface area contributed by atoms with Crippen molar-refractivity contribution < 1.29 is 9.13 Å². The zero-order valence-corrected chi connectivity index (χ0v) is 14.4. The first-order valence-electron chi connectivity index (χ1n) is 8.56. The number of rotatable bonds is 6. The molecule has 24 heavy (non-hydrogen) atoms. The van der Waals surface area contributed by atoms with Gasteiger partial charge in [0.05, 0.1) is 6.54 Å². The van der Waals surface area contributed by atoms with Crippen molar-refractivity contribution in [3.8, 4) is 0 Å². The summed E-state index contributed by atoms with van der Waals surface area (Å²) in [7, 11) is 2.01. The van der Waals surface area contributed by atoms with E-state index in [0.717, 1.165) is 56.1 Å². The fourth-order valence-corrected chi connectivity index (χ4v) is 3.30. The fraction of sp³-hybridized carbons (Fsp3) is 0.556. The van der Waals surface area contributed by atoms with Crippen LogP contribution in [-0.2, 0) is 31.2 Å². The van der Waals surface area contributed by atoms with Gasteiger partial charge in [-0.25, -0.2) is 4.39 Å². The van der Waals surface area contributed by atoms with Crippen molar-refractivity contribution in [3.63, 3.8) is 0 Å². The third-order valence-corrected chi connectivity index (χ3v) is 4.90. The summed E-state index contributed by atoms with van der Waals surface area (Å²) < 4.78 is 20.8. The summed E-state index contributed by atoms with van der Waals surface area (Å²) in [6, 6.07) is 6.79. The van der Waals surface area contributed by atoms with Crippen molar-refractivity contribution in [2.24, 2.45) is 7.05 Å². The van der Waals surface area contributed by atoms with Crippen molar-refractivity contribution in [2.75, 3.05) is 13.2 Å². The molecule has 2 heterocycles. The highest BCUT2D eigenvalue weighted by Gasteiger charge is 2.32. The van der Waals surface area contributed by atoms with Crippen LogP contribution in [-0.4, -0.2) is 33.5 Å². The van der Waals surface area contributed by atoms with E-state index < -0.39 is 0 Å². The SMILES string of the molecule is CCc1nnc(CNC2(Cc3ccc(F)cc3)CCOCC2)n1C. The van der Waals surface area contributed by atoms with Gasteiger partial charge in [-0.05, 0) is 37.0 Å². The third-order valence-electron chi connectivity index (χ3n) is 4.90. The number of aromatic nitrogens is 3. The molecule has 1 aliphatic rings. The van der Waals surface area contributed by atoms with Crippen LogP contribution in [0.1, 0.15) is 37.0 Å².